The summed E-state index contributed by atoms with van der Waals surface area (Å²) >= 11 is 0. The molecule has 1 N–H and O–H groups in total. The predicted octanol–water partition coefficient (Wildman–Crippen LogP) is 3.28. The molecule has 10 heteroatoms. The monoisotopic (exact) mass is 419 g/mol. The van der Waals surface area contributed by atoms with Gasteiger partial charge in [-0.05, 0) is 72.7 Å². The van der Waals surface area contributed by atoms with Gasteiger partial charge >= 0.3 is 11.9 Å². The topological polar surface area (TPSA) is 85.3 Å². The summed E-state index contributed by atoms with van der Waals surface area (Å²) in [5.41, 5.74) is 1.74. The number of halogens is 3. The minimum Gasteiger partial charge on any atom is -0.387 e. The number of aromatic nitrogens is 4. The van der Waals surface area contributed by atoms with Crippen LogP contribution >= 0.6 is 0 Å². The van der Waals surface area contributed by atoms with Gasteiger partial charge in [0, 0.05) is 5.71 Å². The van der Waals surface area contributed by atoms with E-state index in [1.54, 1.807) is 26.0 Å². The molecule has 0 saturated carbocycles. The van der Waals surface area contributed by atoms with Gasteiger partial charge in [-0.15, -0.1) is 0 Å². The molecule has 0 aliphatic rings. The number of hydrogen-bond acceptors (Lipinski definition) is 5. The van der Waals surface area contributed by atoms with Gasteiger partial charge in [0.25, 0.3) is 0 Å². The zero-order valence-electron chi connectivity index (χ0n) is 16.6. The third kappa shape index (κ3) is 4.65. The summed E-state index contributed by atoms with van der Waals surface area (Å²) in [6, 6.07) is 9.52. The summed E-state index contributed by atoms with van der Waals surface area (Å²) in [5, 5.41) is 17.1. The van der Waals surface area contributed by atoms with Gasteiger partial charge in [-0.2, -0.15) is 22.5 Å². The van der Waals surface area contributed by atoms with Crippen molar-refractivity contribution in [1.29, 1.82) is 0 Å². The number of benzene rings is 2. The molecular formula is C20H20F3N5O2. The van der Waals surface area contributed by atoms with Crippen molar-refractivity contribution < 1.29 is 18.3 Å². The van der Waals surface area contributed by atoms with E-state index in [1.165, 1.54) is 12.1 Å². The van der Waals surface area contributed by atoms with Crippen molar-refractivity contribution in [3.8, 4) is 5.69 Å². The van der Waals surface area contributed by atoms with Crippen LogP contribution in [-0.4, -0.2) is 36.7 Å². The summed E-state index contributed by atoms with van der Waals surface area (Å²) in [6.45, 7) is 5.37. The Balaban J connectivity index is 1.83. The molecule has 0 spiro atoms. The Morgan fingerprint density at radius 3 is 2.40 bits per heavy atom. The van der Waals surface area contributed by atoms with Crippen molar-refractivity contribution in [2.45, 2.75) is 39.6 Å². The van der Waals surface area contributed by atoms with Crippen molar-refractivity contribution >= 4 is 11.4 Å². The third-order valence-electron chi connectivity index (χ3n) is 4.57. The van der Waals surface area contributed by atoms with Crippen LogP contribution in [0.4, 0.5) is 18.9 Å². The van der Waals surface area contributed by atoms with Gasteiger partial charge in [-0.25, -0.2) is 4.79 Å². The van der Waals surface area contributed by atoms with Crippen molar-refractivity contribution in [3.63, 3.8) is 0 Å². The number of nitrogens with zero attached hydrogens (tertiary/aromatic N) is 5. The molecule has 0 amide bonds. The molecule has 1 atom stereocenters. The number of aliphatic hydroxyl groups is 1. The van der Waals surface area contributed by atoms with Crippen LogP contribution in [0, 0.1) is 6.92 Å². The molecule has 30 heavy (non-hydrogen) atoms. The van der Waals surface area contributed by atoms with Gasteiger partial charge in [0.1, 0.15) is 0 Å². The van der Waals surface area contributed by atoms with Crippen molar-refractivity contribution in [1.82, 2.24) is 19.8 Å². The van der Waals surface area contributed by atoms with Crippen LogP contribution < -0.4 is 5.69 Å². The highest BCUT2D eigenvalue weighted by atomic mass is 19.4. The van der Waals surface area contributed by atoms with Gasteiger partial charge in [0.15, 0.2) is 0 Å². The molecule has 0 bridgehead atoms. The number of hydrogen-bond donors (Lipinski definition) is 1. The third-order valence-corrected chi connectivity index (χ3v) is 4.57. The molecule has 0 fully saturated rings. The van der Waals surface area contributed by atoms with Crippen LogP contribution in [0.15, 0.2) is 52.3 Å². The lowest BCUT2D eigenvalue weighted by Crippen LogP contribution is -2.24. The highest BCUT2D eigenvalue weighted by Crippen LogP contribution is 2.29. The van der Waals surface area contributed by atoms with E-state index in [1.807, 2.05) is 13.0 Å². The van der Waals surface area contributed by atoms with E-state index in [-0.39, 0.29) is 12.2 Å². The maximum Gasteiger partial charge on any atom is 0.416 e. The Labute approximate surface area is 170 Å². The van der Waals surface area contributed by atoms with Gasteiger partial charge in [0.2, 0.25) is 0 Å². The Morgan fingerprint density at radius 1 is 1.17 bits per heavy atom. The number of aliphatic imine (C=N–C) groups is 1. The second kappa shape index (κ2) is 8.23. The molecular weight excluding hydrogens is 399 g/mol. The number of aliphatic hydroxyl groups excluding tert-OH is 1. The second-order valence-electron chi connectivity index (χ2n) is 6.93. The first-order chi connectivity index (χ1) is 14.1. The van der Waals surface area contributed by atoms with Crippen LogP contribution in [0.3, 0.4) is 0 Å². The van der Waals surface area contributed by atoms with Crippen molar-refractivity contribution in [3.05, 3.63) is 69.6 Å². The fraction of sp³-hybridized carbons (Fsp3) is 0.300. The average Bonchev–Trinajstić information content (AvgIpc) is 3.03. The maximum absolute atomic E-state index is 12.7. The van der Waals surface area contributed by atoms with Crippen LogP contribution in [0.25, 0.3) is 5.69 Å². The van der Waals surface area contributed by atoms with E-state index in [9.17, 15) is 23.1 Å². The molecule has 2 aromatic carbocycles. The Hall–Kier alpha value is -3.27. The van der Waals surface area contributed by atoms with Gasteiger partial charge < -0.3 is 5.11 Å². The zero-order valence-corrected chi connectivity index (χ0v) is 16.6. The van der Waals surface area contributed by atoms with E-state index < -0.39 is 23.5 Å². The molecule has 3 rings (SSSR count). The van der Waals surface area contributed by atoms with E-state index >= 15 is 0 Å². The summed E-state index contributed by atoms with van der Waals surface area (Å²) in [5.74, 6) is 0. The summed E-state index contributed by atoms with van der Waals surface area (Å²) < 4.78 is 40.2. The smallest absolute Gasteiger partial charge is 0.387 e. The predicted molar refractivity (Wildman–Crippen MR) is 105 cm³/mol. The standard InChI is InChI=1S/C20H20F3N5O2/c1-12-10-15(4-9-18(12)24-13(2)14(3)29)11-27-19(30)28(26-25-27)17-7-5-16(6-8-17)20(21,22)23/h4-10,14,29H,11H2,1-3H3/b24-13+. The molecule has 3 aromatic rings. The van der Waals surface area contributed by atoms with E-state index in [2.05, 4.69) is 15.4 Å². The van der Waals surface area contributed by atoms with Crippen LogP contribution in [-0.2, 0) is 12.7 Å². The summed E-state index contributed by atoms with van der Waals surface area (Å²) in [4.78, 5) is 16.9. The molecule has 0 aliphatic heterocycles. The van der Waals surface area contributed by atoms with Gasteiger partial charge in [-0.1, -0.05) is 12.1 Å². The Bertz CT molecular complexity index is 1130. The molecule has 0 radical (unpaired) electrons. The van der Waals surface area contributed by atoms with E-state index in [0.717, 1.165) is 32.6 Å². The normalized spacial score (nSPS) is 13.5. The quantitative estimate of drug-likeness (QED) is 0.644. The summed E-state index contributed by atoms with van der Waals surface area (Å²) in [7, 11) is 0. The molecule has 158 valence electrons. The van der Waals surface area contributed by atoms with Crippen LogP contribution in [0.1, 0.15) is 30.5 Å². The Kier molecular flexibility index (Phi) is 5.88. The van der Waals surface area contributed by atoms with Crippen LogP contribution in [0.5, 0.6) is 0 Å². The fourth-order valence-corrected chi connectivity index (χ4v) is 2.72. The fourth-order valence-electron chi connectivity index (χ4n) is 2.72. The molecule has 0 aliphatic carbocycles. The van der Waals surface area contributed by atoms with E-state index in [0.29, 0.717) is 11.4 Å². The highest BCUT2D eigenvalue weighted by molar-refractivity contribution is 5.88. The molecule has 1 heterocycles. The zero-order chi connectivity index (χ0) is 22.1. The molecule has 0 saturated heterocycles. The first-order valence-corrected chi connectivity index (χ1v) is 9.09. The lowest BCUT2D eigenvalue weighted by Gasteiger charge is -2.08. The van der Waals surface area contributed by atoms with Crippen LogP contribution in [0.2, 0.25) is 0 Å². The number of aryl methyl sites for hydroxylation is 1. The van der Waals surface area contributed by atoms with Gasteiger partial charge in [-0.3, -0.25) is 4.99 Å². The minimum absolute atomic E-state index is 0.139. The lowest BCUT2D eigenvalue weighted by molar-refractivity contribution is -0.137. The van der Waals surface area contributed by atoms with Gasteiger partial charge in [0.05, 0.1) is 29.6 Å². The first-order valence-electron chi connectivity index (χ1n) is 9.09. The SMILES string of the molecule is C/C(=N\c1ccc(Cn2nnn(-c3ccc(C(F)(F)F)cc3)c2=O)cc1C)C(C)O. The number of alkyl halides is 3. The van der Waals surface area contributed by atoms with E-state index in [4.69, 9.17) is 0 Å². The van der Waals surface area contributed by atoms with Crippen molar-refractivity contribution in [2.75, 3.05) is 0 Å². The number of tetrazole rings is 1. The lowest BCUT2D eigenvalue weighted by atomic mass is 10.1. The largest absolute Gasteiger partial charge is 0.416 e. The number of rotatable bonds is 5. The average molecular weight is 419 g/mol. The molecule has 1 unspecified atom stereocenters. The minimum atomic E-state index is -4.46. The second-order valence-corrected chi connectivity index (χ2v) is 6.93. The molecule has 7 nitrogen and oxygen atoms in total. The summed E-state index contributed by atoms with van der Waals surface area (Å²) in [6.07, 6.45) is -5.11. The highest BCUT2D eigenvalue weighted by Gasteiger charge is 2.30. The molecule has 1 aromatic heterocycles. The van der Waals surface area contributed by atoms with Crippen molar-refractivity contribution in [2.24, 2.45) is 4.99 Å². The first kappa shape index (κ1) is 21.4. The maximum atomic E-state index is 12.7. The Morgan fingerprint density at radius 2 is 1.83 bits per heavy atom.